The van der Waals surface area contributed by atoms with Gasteiger partial charge in [-0.15, -0.1) is 0 Å². The summed E-state index contributed by atoms with van der Waals surface area (Å²) in [5.41, 5.74) is 4.93. The van der Waals surface area contributed by atoms with Crippen molar-refractivity contribution in [3.63, 3.8) is 0 Å². The maximum absolute atomic E-state index is 12.8. The van der Waals surface area contributed by atoms with Gasteiger partial charge in [-0.05, 0) is 80.6 Å². The Morgan fingerprint density at radius 1 is 1.16 bits per heavy atom. The maximum atomic E-state index is 12.8. The third-order valence-corrected chi connectivity index (χ3v) is 7.04. The van der Waals surface area contributed by atoms with Crippen molar-refractivity contribution in [3.05, 3.63) is 63.7 Å². The van der Waals surface area contributed by atoms with Gasteiger partial charge in [-0.25, -0.2) is 0 Å². The number of hydrogen-bond donors (Lipinski definition) is 1. The molecule has 2 aliphatic rings. The van der Waals surface area contributed by atoms with Gasteiger partial charge in [-0.2, -0.15) is 5.26 Å². The van der Waals surface area contributed by atoms with Crippen molar-refractivity contribution in [3.8, 4) is 6.07 Å². The standard InChI is InChI=1S/C25H29ClN4O/c1-29-12-11-17-13-18(3-4-20(17)16-29)25(31)28-21-6-9-22(10-7-21)30(2)23-8-5-19(15-27)24(26)14-23/h3-5,8,13-14,21-22H,6-7,9-12,16H2,1-2H3,(H,28,31). The Hall–Kier alpha value is -2.55. The second-order valence-corrected chi connectivity index (χ2v) is 9.24. The fourth-order valence-corrected chi connectivity index (χ4v) is 4.95. The van der Waals surface area contributed by atoms with Crippen molar-refractivity contribution in [1.82, 2.24) is 10.2 Å². The normalized spacial score (nSPS) is 21.1. The molecule has 2 aromatic rings. The number of carbonyl (C=O) groups excluding carboxylic acids is 1. The largest absolute Gasteiger partial charge is 0.372 e. The van der Waals surface area contributed by atoms with Crippen molar-refractivity contribution in [2.24, 2.45) is 0 Å². The Kier molecular flexibility index (Phi) is 6.50. The van der Waals surface area contributed by atoms with E-state index in [-0.39, 0.29) is 11.9 Å². The Bertz CT molecular complexity index is 1010. The minimum absolute atomic E-state index is 0.0393. The summed E-state index contributed by atoms with van der Waals surface area (Å²) < 4.78 is 0. The number of halogens is 1. The van der Waals surface area contributed by atoms with E-state index >= 15 is 0 Å². The first-order valence-corrected chi connectivity index (χ1v) is 11.4. The molecule has 1 heterocycles. The molecule has 5 nitrogen and oxygen atoms in total. The quantitative estimate of drug-likeness (QED) is 0.772. The SMILES string of the molecule is CN1CCc2cc(C(=O)NC3CCC(N(C)c4ccc(C#N)c(Cl)c4)CC3)ccc2C1. The molecule has 0 bridgehead atoms. The molecule has 0 atom stereocenters. The smallest absolute Gasteiger partial charge is 0.251 e. The topological polar surface area (TPSA) is 59.4 Å². The predicted octanol–water partition coefficient (Wildman–Crippen LogP) is 4.38. The van der Waals surface area contributed by atoms with E-state index < -0.39 is 0 Å². The first-order chi connectivity index (χ1) is 14.9. The van der Waals surface area contributed by atoms with E-state index in [0.717, 1.165) is 56.4 Å². The Labute approximate surface area is 189 Å². The lowest BCUT2D eigenvalue weighted by Crippen LogP contribution is -2.43. The van der Waals surface area contributed by atoms with Gasteiger partial charge in [0, 0.05) is 43.5 Å². The second-order valence-electron chi connectivity index (χ2n) is 8.84. The van der Waals surface area contributed by atoms with Crippen LogP contribution in [0.15, 0.2) is 36.4 Å². The Balaban J connectivity index is 1.32. The number of nitrogens with zero attached hydrogens (tertiary/aromatic N) is 3. The van der Waals surface area contributed by atoms with Crippen LogP contribution in [-0.4, -0.2) is 43.5 Å². The van der Waals surface area contributed by atoms with Gasteiger partial charge in [0.2, 0.25) is 0 Å². The van der Waals surface area contributed by atoms with Crippen molar-refractivity contribution < 1.29 is 4.79 Å². The number of rotatable bonds is 4. The van der Waals surface area contributed by atoms with Gasteiger partial charge >= 0.3 is 0 Å². The summed E-state index contributed by atoms with van der Waals surface area (Å²) in [7, 11) is 4.21. The average molecular weight is 437 g/mol. The van der Waals surface area contributed by atoms with Gasteiger partial charge in [0.05, 0.1) is 10.6 Å². The Morgan fingerprint density at radius 3 is 2.65 bits per heavy atom. The van der Waals surface area contributed by atoms with Gasteiger partial charge in [-0.3, -0.25) is 4.79 Å². The van der Waals surface area contributed by atoms with Crippen LogP contribution in [0, 0.1) is 11.3 Å². The molecule has 0 unspecified atom stereocenters. The number of anilines is 1. The van der Waals surface area contributed by atoms with Gasteiger partial charge in [-0.1, -0.05) is 17.7 Å². The fourth-order valence-electron chi connectivity index (χ4n) is 4.74. The van der Waals surface area contributed by atoms with E-state index in [9.17, 15) is 4.79 Å². The molecular weight excluding hydrogens is 408 g/mol. The van der Waals surface area contributed by atoms with E-state index in [1.807, 2.05) is 18.2 Å². The van der Waals surface area contributed by atoms with Crippen LogP contribution in [0.4, 0.5) is 5.69 Å². The molecule has 2 aromatic carbocycles. The molecule has 0 saturated heterocycles. The van der Waals surface area contributed by atoms with Gasteiger partial charge in [0.1, 0.15) is 6.07 Å². The van der Waals surface area contributed by atoms with Gasteiger partial charge in [0.15, 0.2) is 0 Å². The highest BCUT2D eigenvalue weighted by atomic mass is 35.5. The molecule has 1 aliphatic carbocycles. The number of carbonyl (C=O) groups is 1. The van der Waals surface area contributed by atoms with E-state index in [1.54, 1.807) is 6.07 Å². The van der Waals surface area contributed by atoms with Crippen molar-refractivity contribution in [1.29, 1.82) is 5.26 Å². The summed E-state index contributed by atoms with van der Waals surface area (Å²) in [6.07, 6.45) is 4.94. The molecule has 1 amide bonds. The lowest BCUT2D eigenvalue weighted by Gasteiger charge is -2.36. The fraction of sp³-hybridized carbons (Fsp3) is 0.440. The number of nitriles is 1. The monoisotopic (exact) mass is 436 g/mol. The number of nitrogens with one attached hydrogen (secondary N) is 1. The molecule has 4 rings (SSSR count). The second kappa shape index (κ2) is 9.30. The summed E-state index contributed by atoms with van der Waals surface area (Å²) in [5, 5.41) is 12.8. The molecular formula is C25H29ClN4O. The summed E-state index contributed by atoms with van der Waals surface area (Å²) in [4.78, 5) is 17.4. The van der Waals surface area contributed by atoms with Crippen molar-refractivity contribution in [2.45, 2.75) is 50.7 Å². The summed E-state index contributed by atoms with van der Waals surface area (Å²) in [6.45, 7) is 2.00. The predicted molar refractivity (Wildman–Crippen MR) is 125 cm³/mol. The summed E-state index contributed by atoms with van der Waals surface area (Å²) >= 11 is 6.20. The van der Waals surface area contributed by atoms with E-state index in [4.69, 9.17) is 16.9 Å². The minimum Gasteiger partial charge on any atom is -0.372 e. The first-order valence-electron chi connectivity index (χ1n) is 11.0. The molecule has 0 radical (unpaired) electrons. The number of benzene rings is 2. The molecule has 1 N–H and O–H groups in total. The maximum Gasteiger partial charge on any atom is 0.251 e. The number of amides is 1. The van der Waals surface area contributed by atoms with Crippen LogP contribution < -0.4 is 10.2 Å². The number of fused-ring (bicyclic) bond motifs is 1. The van der Waals surface area contributed by atoms with Crippen molar-refractivity contribution in [2.75, 3.05) is 25.5 Å². The van der Waals surface area contributed by atoms with Crippen LogP contribution in [0.2, 0.25) is 5.02 Å². The van der Waals surface area contributed by atoms with E-state index in [1.165, 1.54) is 11.1 Å². The molecule has 1 saturated carbocycles. The highest BCUT2D eigenvalue weighted by Gasteiger charge is 2.26. The minimum atomic E-state index is 0.0393. The van der Waals surface area contributed by atoms with Crippen LogP contribution in [0.3, 0.4) is 0 Å². The van der Waals surface area contributed by atoms with Crippen LogP contribution in [0.25, 0.3) is 0 Å². The third-order valence-electron chi connectivity index (χ3n) is 6.73. The van der Waals surface area contributed by atoms with Crippen LogP contribution in [0.5, 0.6) is 0 Å². The zero-order valence-electron chi connectivity index (χ0n) is 18.2. The highest BCUT2D eigenvalue weighted by molar-refractivity contribution is 6.32. The molecule has 0 aromatic heterocycles. The summed E-state index contributed by atoms with van der Waals surface area (Å²) in [5.74, 6) is 0.0393. The van der Waals surface area contributed by atoms with Crippen LogP contribution in [0.1, 0.15) is 52.7 Å². The van der Waals surface area contributed by atoms with E-state index in [2.05, 4.69) is 47.4 Å². The molecule has 0 spiro atoms. The molecule has 31 heavy (non-hydrogen) atoms. The number of hydrogen-bond acceptors (Lipinski definition) is 4. The first kappa shape index (κ1) is 21.7. The molecule has 6 heteroatoms. The van der Waals surface area contributed by atoms with Gasteiger partial charge < -0.3 is 15.1 Å². The zero-order valence-corrected chi connectivity index (χ0v) is 19.0. The lowest BCUT2D eigenvalue weighted by atomic mass is 9.89. The average Bonchev–Trinajstić information content (AvgIpc) is 2.78. The Morgan fingerprint density at radius 2 is 1.94 bits per heavy atom. The van der Waals surface area contributed by atoms with Crippen molar-refractivity contribution >= 4 is 23.2 Å². The lowest BCUT2D eigenvalue weighted by molar-refractivity contribution is 0.0925. The molecule has 162 valence electrons. The zero-order chi connectivity index (χ0) is 22.0. The number of likely N-dealkylation sites (N-methyl/N-ethyl adjacent to an activating group) is 1. The summed E-state index contributed by atoms with van der Waals surface area (Å²) in [6, 6.07) is 14.4. The van der Waals surface area contributed by atoms with Crippen LogP contribution >= 0.6 is 11.6 Å². The third kappa shape index (κ3) is 4.87. The highest BCUT2D eigenvalue weighted by Crippen LogP contribution is 2.29. The van der Waals surface area contributed by atoms with Crippen LogP contribution in [-0.2, 0) is 13.0 Å². The molecule has 1 fully saturated rings. The van der Waals surface area contributed by atoms with E-state index in [0.29, 0.717) is 16.6 Å². The van der Waals surface area contributed by atoms with Gasteiger partial charge in [0.25, 0.3) is 5.91 Å². The molecule has 1 aliphatic heterocycles.